The second-order valence-electron chi connectivity index (χ2n) is 8.19. The number of para-hydroxylation sites is 2. The third-order valence-electron chi connectivity index (χ3n) is 5.91. The lowest BCUT2D eigenvalue weighted by Crippen LogP contribution is -2.15. The molecule has 0 radical (unpaired) electrons. The molecular weight excluding hydrogens is 458 g/mol. The normalized spacial score (nSPS) is 11.0. The van der Waals surface area contributed by atoms with Crippen molar-refractivity contribution in [1.82, 2.24) is 14.5 Å². The van der Waals surface area contributed by atoms with E-state index >= 15 is 0 Å². The standard InChI is InChI=1S/C27H25N5O4/c1-15-8-7-9-17(12-15)32-25(28)22(23-26(32)31-19-11-6-5-10-18(19)30-23)27(33)29-16-13-20(34-2)24(36-4)21(14-16)35-3/h5-14H,28H2,1-4H3,(H,29,33). The summed E-state index contributed by atoms with van der Waals surface area (Å²) in [6.07, 6.45) is 0. The van der Waals surface area contributed by atoms with Crippen LogP contribution in [0, 0.1) is 6.92 Å². The Hall–Kier alpha value is -4.79. The molecule has 0 fully saturated rings. The molecule has 0 aliphatic rings. The van der Waals surface area contributed by atoms with Crippen LogP contribution < -0.4 is 25.3 Å². The van der Waals surface area contributed by atoms with E-state index in [0.29, 0.717) is 45.1 Å². The molecule has 2 heterocycles. The van der Waals surface area contributed by atoms with E-state index in [9.17, 15) is 4.79 Å². The minimum atomic E-state index is -0.442. The minimum absolute atomic E-state index is 0.221. The smallest absolute Gasteiger partial charge is 0.261 e. The van der Waals surface area contributed by atoms with Gasteiger partial charge >= 0.3 is 0 Å². The highest BCUT2D eigenvalue weighted by Crippen LogP contribution is 2.40. The number of carbonyl (C=O) groups excluding carboxylic acids is 1. The maximum atomic E-state index is 13.7. The monoisotopic (exact) mass is 483 g/mol. The molecule has 5 aromatic rings. The van der Waals surface area contributed by atoms with Crippen molar-refractivity contribution < 1.29 is 19.0 Å². The second-order valence-corrected chi connectivity index (χ2v) is 8.19. The fraction of sp³-hybridized carbons (Fsp3) is 0.148. The van der Waals surface area contributed by atoms with E-state index in [-0.39, 0.29) is 11.4 Å². The Morgan fingerprint density at radius 1 is 0.889 bits per heavy atom. The van der Waals surface area contributed by atoms with Crippen LogP contribution in [0.4, 0.5) is 11.5 Å². The molecule has 0 unspecified atom stereocenters. The van der Waals surface area contributed by atoms with Crippen molar-refractivity contribution in [3.05, 3.63) is 71.8 Å². The Balaban J connectivity index is 1.70. The number of carbonyl (C=O) groups is 1. The van der Waals surface area contributed by atoms with Crippen molar-refractivity contribution in [2.45, 2.75) is 6.92 Å². The molecule has 5 rings (SSSR count). The molecule has 0 aliphatic carbocycles. The number of nitrogens with two attached hydrogens (primary N) is 1. The van der Waals surface area contributed by atoms with Crippen LogP contribution >= 0.6 is 0 Å². The summed E-state index contributed by atoms with van der Waals surface area (Å²) in [4.78, 5) is 23.3. The Morgan fingerprint density at radius 3 is 2.17 bits per heavy atom. The molecule has 9 nitrogen and oxygen atoms in total. The van der Waals surface area contributed by atoms with Gasteiger partial charge in [0.2, 0.25) is 5.75 Å². The quantitative estimate of drug-likeness (QED) is 0.358. The maximum Gasteiger partial charge on any atom is 0.261 e. The van der Waals surface area contributed by atoms with Crippen LogP contribution in [-0.4, -0.2) is 41.8 Å². The molecule has 9 heteroatoms. The summed E-state index contributed by atoms with van der Waals surface area (Å²) in [5, 5.41) is 2.90. The topological polar surface area (TPSA) is 114 Å². The molecule has 2 aromatic heterocycles. The van der Waals surface area contributed by atoms with Gasteiger partial charge < -0.3 is 25.3 Å². The lowest BCUT2D eigenvalue weighted by Gasteiger charge is -2.14. The van der Waals surface area contributed by atoms with Crippen molar-refractivity contribution >= 4 is 39.6 Å². The van der Waals surface area contributed by atoms with Crippen LogP contribution in [0.5, 0.6) is 17.2 Å². The van der Waals surface area contributed by atoms with Crippen molar-refractivity contribution in [1.29, 1.82) is 0 Å². The molecule has 0 aliphatic heterocycles. The van der Waals surface area contributed by atoms with E-state index in [4.69, 9.17) is 29.9 Å². The summed E-state index contributed by atoms with van der Waals surface area (Å²) in [6.45, 7) is 1.99. The number of hydrogen-bond acceptors (Lipinski definition) is 7. The number of aromatic nitrogens is 3. The van der Waals surface area contributed by atoms with E-state index in [2.05, 4.69) is 5.32 Å². The molecule has 0 spiro atoms. The minimum Gasteiger partial charge on any atom is -0.493 e. The van der Waals surface area contributed by atoms with Gasteiger partial charge in [-0.3, -0.25) is 9.36 Å². The first kappa shape index (κ1) is 23.0. The van der Waals surface area contributed by atoms with Gasteiger partial charge in [-0.15, -0.1) is 0 Å². The first-order valence-corrected chi connectivity index (χ1v) is 11.2. The van der Waals surface area contributed by atoms with Gasteiger partial charge in [0.15, 0.2) is 17.1 Å². The van der Waals surface area contributed by atoms with Crippen molar-refractivity contribution in [3.8, 4) is 22.9 Å². The number of amides is 1. The number of methoxy groups -OCH3 is 3. The first-order valence-electron chi connectivity index (χ1n) is 11.2. The second kappa shape index (κ2) is 9.10. The zero-order valence-corrected chi connectivity index (χ0v) is 20.3. The zero-order valence-electron chi connectivity index (χ0n) is 20.3. The van der Waals surface area contributed by atoms with Crippen LogP contribution in [0.15, 0.2) is 60.7 Å². The molecule has 182 valence electrons. The van der Waals surface area contributed by atoms with Gasteiger partial charge in [-0.2, -0.15) is 0 Å². The summed E-state index contributed by atoms with van der Waals surface area (Å²) in [6, 6.07) is 18.6. The highest BCUT2D eigenvalue weighted by molar-refractivity contribution is 6.16. The summed E-state index contributed by atoms with van der Waals surface area (Å²) in [5.41, 5.74) is 11.4. The van der Waals surface area contributed by atoms with Gasteiger partial charge in [0.1, 0.15) is 16.9 Å². The fourth-order valence-corrected chi connectivity index (χ4v) is 4.26. The number of benzene rings is 3. The van der Waals surface area contributed by atoms with Gasteiger partial charge in [0, 0.05) is 23.5 Å². The molecular formula is C27H25N5O4. The third kappa shape index (κ3) is 3.80. The van der Waals surface area contributed by atoms with Gasteiger partial charge in [-0.05, 0) is 36.8 Å². The number of rotatable bonds is 6. The molecule has 3 aromatic carbocycles. The molecule has 0 atom stereocenters. The number of aryl methyl sites for hydroxylation is 1. The first-order chi connectivity index (χ1) is 17.4. The van der Waals surface area contributed by atoms with Crippen LogP contribution in [0.3, 0.4) is 0 Å². The summed E-state index contributed by atoms with van der Waals surface area (Å²) >= 11 is 0. The van der Waals surface area contributed by atoms with Crippen LogP contribution in [-0.2, 0) is 0 Å². The van der Waals surface area contributed by atoms with E-state index in [1.807, 2.05) is 55.5 Å². The average molecular weight is 484 g/mol. The Bertz CT molecular complexity index is 1600. The lowest BCUT2D eigenvalue weighted by molar-refractivity contribution is 0.102. The van der Waals surface area contributed by atoms with Crippen LogP contribution in [0.2, 0.25) is 0 Å². The van der Waals surface area contributed by atoms with Crippen molar-refractivity contribution in [2.75, 3.05) is 32.4 Å². The van der Waals surface area contributed by atoms with E-state index in [1.54, 1.807) is 16.7 Å². The number of fused-ring (bicyclic) bond motifs is 2. The fourth-order valence-electron chi connectivity index (χ4n) is 4.26. The number of nitrogen functional groups attached to an aromatic ring is 1. The van der Waals surface area contributed by atoms with Gasteiger partial charge in [0.05, 0.1) is 32.4 Å². The van der Waals surface area contributed by atoms with E-state index in [1.165, 1.54) is 21.3 Å². The Labute approximate surface area is 207 Å². The summed E-state index contributed by atoms with van der Waals surface area (Å²) < 4.78 is 18.0. The average Bonchev–Trinajstić information content (AvgIpc) is 3.17. The molecule has 0 bridgehead atoms. The highest BCUT2D eigenvalue weighted by atomic mass is 16.5. The van der Waals surface area contributed by atoms with Gasteiger partial charge in [0.25, 0.3) is 5.91 Å². The molecule has 1 amide bonds. The Morgan fingerprint density at radius 2 is 1.56 bits per heavy atom. The largest absolute Gasteiger partial charge is 0.493 e. The maximum absolute atomic E-state index is 13.7. The Kier molecular flexibility index (Phi) is 5.81. The summed E-state index contributed by atoms with van der Waals surface area (Å²) in [5.74, 6) is 1.03. The number of anilines is 2. The number of nitrogens with zero attached hydrogens (tertiary/aromatic N) is 3. The number of ether oxygens (including phenoxy) is 3. The van der Waals surface area contributed by atoms with Gasteiger partial charge in [-0.1, -0.05) is 24.3 Å². The van der Waals surface area contributed by atoms with Crippen LogP contribution in [0.1, 0.15) is 15.9 Å². The molecule has 0 saturated carbocycles. The van der Waals surface area contributed by atoms with Crippen molar-refractivity contribution in [2.24, 2.45) is 0 Å². The van der Waals surface area contributed by atoms with Crippen molar-refractivity contribution in [3.63, 3.8) is 0 Å². The number of hydrogen-bond donors (Lipinski definition) is 2. The van der Waals surface area contributed by atoms with Crippen LogP contribution in [0.25, 0.3) is 27.9 Å². The molecule has 36 heavy (non-hydrogen) atoms. The van der Waals surface area contributed by atoms with Gasteiger partial charge in [-0.25, -0.2) is 9.97 Å². The lowest BCUT2D eigenvalue weighted by atomic mass is 10.2. The molecule has 0 saturated heterocycles. The zero-order chi connectivity index (χ0) is 25.4. The summed E-state index contributed by atoms with van der Waals surface area (Å²) in [7, 11) is 4.54. The number of nitrogens with one attached hydrogen (secondary N) is 1. The predicted molar refractivity (Wildman–Crippen MR) is 140 cm³/mol. The third-order valence-corrected chi connectivity index (χ3v) is 5.91. The highest BCUT2D eigenvalue weighted by Gasteiger charge is 2.26. The van der Waals surface area contributed by atoms with E-state index in [0.717, 1.165) is 11.3 Å². The SMILES string of the molecule is COc1cc(NC(=O)c2c(N)n(-c3cccc(C)c3)c3nc4ccccc4nc23)cc(OC)c1OC. The van der Waals surface area contributed by atoms with E-state index < -0.39 is 5.91 Å². The predicted octanol–water partition coefficient (Wildman–Crippen LogP) is 4.74. The molecule has 3 N–H and O–H groups in total.